The van der Waals surface area contributed by atoms with Crippen molar-refractivity contribution in [3.63, 3.8) is 0 Å². The van der Waals surface area contributed by atoms with Crippen molar-refractivity contribution < 1.29 is 0 Å². The van der Waals surface area contributed by atoms with Crippen molar-refractivity contribution in [2.24, 2.45) is 0 Å². The molecule has 0 aliphatic heterocycles. The Morgan fingerprint density at radius 1 is 1.00 bits per heavy atom. The zero-order valence-electron chi connectivity index (χ0n) is 13.4. The number of hydrogen-bond acceptors (Lipinski definition) is 2. The van der Waals surface area contributed by atoms with Crippen LogP contribution >= 0.6 is 0 Å². The summed E-state index contributed by atoms with van der Waals surface area (Å²) in [7, 11) is 4.07. The fourth-order valence-corrected chi connectivity index (χ4v) is 2.25. The zero-order valence-corrected chi connectivity index (χ0v) is 13.4. The van der Waals surface area contributed by atoms with E-state index in [2.05, 4.69) is 60.7 Å². The number of nitrogens with zero attached hydrogens (tertiary/aromatic N) is 2. The van der Waals surface area contributed by atoms with Crippen LogP contribution in [-0.4, -0.2) is 19.1 Å². The lowest BCUT2D eigenvalue weighted by molar-refractivity contribution is 0.811. The van der Waals surface area contributed by atoms with Crippen molar-refractivity contribution in [1.29, 1.82) is 0 Å². The van der Waals surface area contributed by atoms with Crippen LogP contribution in [0.1, 0.15) is 42.1 Å². The van der Waals surface area contributed by atoms with Gasteiger partial charge in [0.2, 0.25) is 0 Å². The third-order valence-electron chi connectivity index (χ3n) is 3.40. The second-order valence-corrected chi connectivity index (χ2v) is 5.77. The maximum absolute atomic E-state index is 4.52. The van der Waals surface area contributed by atoms with E-state index in [4.69, 9.17) is 0 Å². The molecule has 0 unspecified atom stereocenters. The van der Waals surface area contributed by atoms with E-state index in [1.54, 1.807) is 0 Å². The smallest absolute Gasteiger partial charge is 0.0459 e. The number of pyridine rings is 1. The molecule has 0 aliphatic carbocycles. The largest absolute Gasteiger partial charge is 0.378 e. The quantitative estimate of drug-likeness (QED) is 0.772. The summed E-state index contributed by atoms with van der Waals surface area (Å²) < 4.78 is 0. The minimum absolute atomic E-state index is 0.450. The Balaban J connectivity index is 2.21. The molecular formula is C19H22N2. The first-order valence-electron chi connectivity index (χ1n) is 7.23. The van der Waals surface area contributed by atoms with Crippen molar-refractivity contribution in [3.8, 4) is 11.8 Å². The summed E-state index contributed by atoms with van der Waals surface area (Å²) in [5, 5.41) is 0. The van der Waals surface area contributed by atoms with E-state index >= 15 is 0 Å². The third-order valence-corrected chi connectivity index (χ3v) is 3.40. The molecule has 0 amide bonds. The fourth-order valence-electron chi connectivity index (χ4n) is 2.25. The molecule has 2 heteroatoms. The summed E-state index contributed by atoms with van der Waals surface area (Å²) in [4.78, 5) is 6.60. The lowest BCUT2D eigenvalue weighted by Crippen LogP contribution is -2.07. The monoisotopic (exact) mass is 278 g/mol. The number of rotatable bonds is 2. The van der Waals surface area contributed by atoms with Gasteiger partial charge in [-0.25, -0.2) is 0 Å². The van der Waals surface area contributed by atoms with Gasteiger partial charge in [0.25, 0.3) is 0 Å². The van der Waals surface area contributed by atoms with Gasteiger partial charge in [-0.1, -0.05) is 25.7 Å². The highest BCUT2D eigenvalue weighted by Crippen LogP contribution is 2.17. The van der Waals surface area contributed by atoms with Gasteiger partial charge in [-0.2, -0.15) is 0 Å². The summed E-state index contributed by atoms with van der Waals surface area (Å²) in [6.07, 6.45) is 1.86. The van der Waals surface area contributed by atoms with E-state index in [9.17, 15) is 0 Å². The number of benzene rings is 1. The van der Waals surface area contributed by atoms with E-state index in [0.29, 0.717) is 5.92 Å². The van der Waals surface area contributed by atoms with Crippen LogP contribution in [0.25, 0.3) is 0 Å². The van der Waals surface area contributed by atoms with Crippen molar-refractivity contribution in [2.75, 3.05) is 19.0 Å². The molecule has 1 aromatic heterocycles. The maximum atomic E-state index is 4.52. The van der Waals surface area contributed by atoms with Gasteiger partial charge >= 0.3 is 0 Å². The lowest BCUT2D eigenvalue weighted by Gasteiger charge is -2.11. The van der Waals surface area contributed by atoms with Gasteiger partial charge in [0.1, 0.15) is 0 Å². The molecule has 2 aromatic rings. The molecule has 0 spiro atoms. The van der Waals surface area contributed by atoms with Gasteiger partial charge in [-0.3, -0.25) is 4.98 Å². The van der Waals surface area contributed by atoms with Gasteiger partial charge in [0.05, 0.1) is 0 Å². The van der Waals surface area contributed by atoms with Crippen molar-refractivity contribution >= 4 is 5.69 Å². The molecule has 2 nitrogen and oxygen atoms in total. The normalized spacial score (nSPS) is 10.2. The number of hydrogen-bond donors (Lipinski definition) is 0. The summed E-state index contributed by atoms with van der Waals surface area (Å²) in [5.74, 6) is 6.83. The molecule has 0 aliphatic rings. The summed E-state index contributed by atoms with van der Waals surface area (Å²) in [6, 6.07) is 10.4. The lowest BCUT2D eigenvalue weighted by atomic mass is 10.0. The van der Waals surface area contributed by atoms with E-state index in [0.717, 1.165) is 16.8 Å². The van der Waals surface area contributed by atoms with Gasteiger partial charge in [-0.05, 0) is 48.7 Å². The van der Waals surface area contributed by atoms with E-state index in [-0.39, 0.29) is 0 Å². The minimum atomic E-state index is 0.450. The van der Waals surface area contributed by atoms with Crippen LogP contribution in [-0.2, 0) is 0 Å². The Bertz CT molecular complexity index is 671. The predicted molar refractivity (Wildman–Crippen MR) is 89.8 cm³/mol. The Kier molecular flexibility index (Phi) is 4.65. The van der Waals surface area contributed by atoms with Crippen LogP contribution in [0.5, 0.6) is 0 Å². The highest BCUT2D eigenvalue weighted by Gasteiger charge is 2.04. The van der Waals surface area contributed by atoms with E-state index in [1.807, 2.05) is 32.4 Å². The van der Waals surface area contributed by atoms with Gasteiger partial charge < -0.3 is 4.90 Å². The average Bonchev–Trinajstić information content (AvgIpc) is 2.45. The second-order valence-electron chi connectivity index (χ2n) is 5.77. The first-order valence-corrected chi connectivity index (χ1v) is 7.23. The van der Waals surface area contributed by atoms with Crippen LogP contribution in [0.3, 0.4) is 0 Å². The first kappa shape index (κ1) is 15.1. The van der Waals surface area contributed by atoms with Crippen LogP contribution in [0, 0.1) is 18.8 Å². The SMILES string of the molecule is Cc1cc(C#Cc2ccc(N(C)C)cc2)cnc1C(C)C. The molecule has 0 saturated heterocycles. The zero-order chi connectivity index (χ0) is 15.4. The highest BCUT2D eigenvalue weighted by molar-refractivity contribution is 5.51. The highest BCUT2D eigenvalue weighted by atomic mass is 15.1. The number of aryl methyl sites for hydroxylation is 1. The summed E-state index contributed by atoms with van der Waals surface area (Å²) >= 11 is 0. The van der Waals surface area contributed by atoms with Crippen LogP contribution < -0.4 is 4.90 Å². The van der Waals surface area contributed by atoms with E-state index in [1.165, 1.54) is 11.3 Å². The topological polar surface area (TPSA) is 16.1 Å². The molecule has 1 heterocycles. The Morgan fingerprint density at radius 2 is 1.62 bits per heavy atom. The third kappa shape index (κ3) is 3.86. The molecule has 2 rings (SSSR count). The Labute approximate surface area is 127 Å². The Hall–Kier alpha value is -2.27. The average molecular weight is 278 g/mol. The molecule has 0 atom stereocenters. The van der Waals surface area contributed by atoms with E-state index < -0.39 is 0 Å². The first-order chi connectivity index (χ1) is 9.97. The molecule has 1 aromatic carbocycles. The predicted octanol–water partition coefficient (Wildman–Crippen LogP) is 3.98. The van der Waals surface area contributed by atoms with Crippen LogP contribution in [0.15, 0.2) is 36.5 Å². The maximum Gasteiger partial charge on any atom is 0.0459 e. The van der Waals surface area contributed by atoms with Gasteiger partial charge in [0, 0.05) is 42.8 Å². The molecule has 108 valence electrons. The van der Waals surface area contributed by atoms with Crippen LogP contribution in [0.4, 0.5) is 5.69 Å². The number of aromatic nitrogens is 1. The molecular weight excluding hydrogens is 256 g/mol. The summed E-state index contributed by atoms with van der Waals surface area (Å²) in [5.41, 5.74) is 5.52. The molecule has 0 bridgehead atoms. The van der Waals surface area contributed by atoms with Crippen LogP contribution in [0.2, 0.25) is 0 Å². The molecule has 21 heavy (non-hydrogen) atoms. The molecule has 0 N–H and O–H groups in total. The standard InChI is InChI=1S/C19H22N2/c1-14(2)19-15(3)12-17(13-20-19)7-6-16-8-10-18(11-9-16)21(4)5/h8-14H,1-5H3. The Morgan fingerprint density at radius 3 is 2.14 bits per heavy atom. The van der Waals surface area contributed by atoms with Crippen molar-refractivity contribution in [3.05, 3.63) is 58.9 Å². The molecule has 0 radical (unpaired) electrons. The molecule has 0 fully saturated rings. The van der Waals surface area contributed by atoms with Gasteiger partial charge in [-0.15, -0.1) is 0 Å². The second kappa shape index (κ2) is 6.45. The fraction of sp³-hybridized carbons (Fsp3) is 0.316. The number of anilines is 1. The molecule has 0 saturated carbocycles. The van der Waals surface area contributed by atoms with Crippen molar-refractivity contribution in [2.45, 2.75) is 26.7 Å². The minimum Gasteiger partial charge on any atom is -0.378 e. The van der Waals surface area contributed by atoms with Gasteiger partial charge in [0.15, 0.2) is 0 Å². The van der Waals surface area contributed by atoms with Crippen molar-refractivity contribution in [1.82, 2.24) is 4.98 Å². The summed E-state index contributed by atoms with van der Waals surface area (Å²) in [6.45, 7) is 6.42.